The van der Waals surface area contributed by atoms with Crippen molar-refractivity contribution in [2.24, 2.45) is 5.41 Å². The summed E-state index contributed by atoms with van der Waals surface area (Å²) in [7, 11) is 3.20. The van der Waals surface area contributed by atoms with Gasteiger partial charge in [-0.2, -0.15) is 18.3 Å². The van der Waals surface area contributed by atoms with Gasteiger partial charge >= 0.3 is 6.18 Å². The molecule has 0 saturated carbocycles. The van der Waals surface area contributed by atoms with E-state index >= 15 is 0 Å². The summed E-state index contributed by atoms with van der Waals surface area (Å²) >= 11 is 0. The molecule has 0 saturated heterocycles. The quantitative estimate of drug-likeness (QED) is 0.602. The molecule has 1 aliphatic heterocycles. The zero-order valence-electron chi connectivity index (χ0n) is 20.2. The predicted molar refractivity (Wildman–Crippen MR) is 122 cm³/mol. The molecular weight excluding hydrogens is 433 g/mol. The van der Waals surface area contributed by atoms with Crippen molar-refractivity contribution >= 4 is 11.7 Å². The van der Waals surface area contributed by atoms with Gasteiger partial charge in [-0.1, -0.05) is 32.9 Å². The Bertz CT molecular complexity index is 991. The van der Waals surface area contributed by atoms with Crippen LogP contribution in [0.15, 0.2) is 30.3 Å². The Balaban J connectivity index is 1.93. The number of ether oxygens (including phenoxy) is 1. The van der Waals surface area contributed by atoms with E-state index in [4.69, 9.17) is 4.74 Å². The lowest BCUT2D eigenvalue weighted by molar-refractivity contribution is -0.173. The van der Waals surface area contributed by atoms with Crippen molar-refractivity contribution in [1.82, 2.24) is 14.7 Å². The topological polar surface area (TPSA) is 59.4 Å². The molecule has 0 radical (unpaired) electrons. The number of alkyl halides is 3. The largest absolute Gasteiger partial charge is 0.497 e. The highest BCUT2D eigenvalue weighted by Gasteiger charge is 2.47. The lowest BCUT2D eigenvalue weighted by atomic mass is 9.81. The first kappa shape index (κ1) is 24.9. The Kier molecular flexibility index (Phi) is 6.47. The molecule has 1 aliphatic rings. The van der Waals surface area contributed by atoms with Crippen molar-refractivity contribution in [2.75, 3.05) is 19.5 Å². The van der Waals surface area contributed by atoms with Gasteiger partial charge in [0.1, 0.15) is 11.6 Å². The number of hydrogen-bond donors (Lipinski definition) is 1. The lowest BCUT2D eigenvalue weighted by Gasteiger charge is -2.39. The van der Waals surface area contributed by atoms with Gasteiger partial charge in [-0.15, -0.1) is 0 Å². The summed E-state index contributed by atoms with van der Waals surface area (Å²) in [5, 5.41) is 7.24. The van der Waals surface area contributed by atoms with Gasteiger partial charge in [-0.05, 0) is 43.4 Å². The van der Waals surface area contributed by atoms with Crippen LogP contribution in [0.3, 0.4) is 0 Å². The van der Waals surface area contributed by atoms with E-state index in [2.05, 4.69) is 31.2 Å². The van der Waals surface area contributed by atoms with Gasteiger partial charge in [0, 0.05) is 25.1 Å². The molecule has 2 atom stereocenters. The normalized spacial score (nSPS) is 19.0. The van der Waals surface area contributed by atoms with Gasteiger partial charge < -0.3 is 15.0 Å². The van der Waals surface area contributed by atoms with E-state index in [1.165, 1.54) is 13.2 Å². The number of hydrogen-bond acceptors (Lipinski definition) is 4. The number of rotatable bonds is 5. The number of nitrogens with zero attached hydrogens (tertiary/aromatic N) is 3. The van der Waals surface area contributed by atoms with Crippen LogP contribution in [0.5, 0.6) is 5.75 Å². The zero-order chi connectivity index (χ0) is 24.8. The van der Waals surface area contributed by atoms with Gasteiger partial charge in [0.05, 0.1) is 13.2 Å². The third-order valence-electron chi connectivity index (χ3n) is 6.10. The number of methoxy groups -OCH3 is 1. The monoisotopic (exact) mass is 466 g/mol. The maximum Gasteiger partial charge on any atom is 0.410 e. The van der Waals surface area contributed by atoms with Crippen LogP contribution in [0.2, 0.25) is 0 Å². The molecule has 0 spiro atoms. The molecule has 6 nitrogen and oxygen atoms in total. The minimum absolute atomic E-state index is 0.00776. The van der Waals surface area contributed by atoms with E-state index in [-0.39, 0.29) is 23.3 Å². The van der Waals surface area contributed by atoms with E-state index < -0.39 is 29.7 Å². The number of amides is 1. The maximum absolute atomic E-state index is 14.0. The zero-order valence-corrected chi connectivity index (χ0v) is 20.2. The molecule has 1 amide bonds. The van der Waals surface area contributed by atoms with Crippen molar-refractivity contribution in [3.05, 3.63) is 41.6 Å². The van der Waals surface area contributed by atoms with E-state index in [9.17, 15) is 18.0 Å². The molecule has 3 rings (SSSR count). The molecule has 1 N–H and O–H groups in total. The van der Waals surface area contributed by atoms with Gasteiger partial charge in [-0.25, -0.2) is 4.68 Å². The van der Waals surface area contributed by atoms with E-state index in [1.807, 2.05) is 13.8 Å². The van der Waals surface area contributed by atoms with E-state index in [0.717, 1.165) is 11.1 Å². The lowest BCUT2D eigenvalue weighted by Crippen LogP contribution is -2.47. The second-order valence-electron chi connectivity index (χ2n) is 10.5. The third-order valence-corrected chi connectivity index (χ3v) is 6.10. The highest BCUT2D eigenvalue weighted by atomic mass is 19.4. The Morgan fingerprint density at radius 2 is 1.79 bits per heavy atom. The van der Waals surface area contributed by atoms with Crippen molar-refractivity contribution in [3.8, 4) is 5.75 Å². The number of nitrogens with one attached hydrogen (secondary N) is 1. The van der Waals surface area contributed by atoms with E-state index in [1.54, 1.807) is 36.2 Å². The molecule has 0 bridgehead atoms. The van der Waals surface area contributed by atoms with Crippen molar-refractivity contribution < 1.29 is 22.7 Å². The number of carbonyl (C=O) groups is 1. The molecule has 0 aliphatic carbocycles. The average Bonchev–Trinajstić information content (AvgIpc) is 3.13. The van der Waals surface area contributed by atoms with Crippen molar-refractivity contribution in [1.29, 1.82) is 0 Å². The van der Waals surface area contributed by atoms with E-state index in [0.29, 0.717) is 11.3 Å². The summed E-state index contributed by atoms with van der Waals surface area (Å²) in [6.45, 7) is 10.1. The summed E-state index contributed by atoms with van der Waals surface area (Å²) in [5.41, 5.74) is 0.169. The number of carbonyl (C=O) groups excluding carboxylic acids is 1. The van der Waals surface area contributed by atoms with Crippen LogP contribution in [0, 0.1) is 5.41 Å². The highest BCUT2D eigenvalue weighted by molar-refractivity contribution is 5.93. The number of benzene rings is 1. The Hall–Kier alpha value is -2.71. The fourth-order valence-corrected chi connectivity index (χ4v) is 4.60. The second-order valence-corrected chi connectivity index (χ2v) is 10.5. The molecule has 0 unspecified atom stereocenters. The van der Waals surface area contributed by atoms with Gasteiger partial charge in [-0.3, -0.25) is 4.79 Å². The molecule has 1 aromatic heterocycles. The predicted octanol–water partition coefficient (Wildman–Crippen LogP) is 5.84. The standard InChI is InChI=1S/C24H33F3N4O2/c1-22(2,3)14-23(4,5)30(6)21(32)18-13-20-28-17(15-8-10-16(33-7)11-9-15)12-19(24(25,26)27)31(20)29-18/h8-11,13,17,19,28H,12,14H2,1-7H3/t17-,19+/m1/s1. The summed E-state index contributed by atoms with van der Waals surface area (Å²) < 4.78 is 47.9. The number of halogens is 3. The molecule has 2 heterocycles. The van der Waals surface area contributed by atoms with Gasteiger partial charge in [0.25, 0.3) is 5.91 Å². The maximum atomic E-state index is 14.0. The SMILES string of the molecule is COc1ccc([C@H]2C[C@@H](C(F)(F)F)n3nc(C(=O)N(C)C(C)(C)CC(C)(C)C)cc3N2)cc1. The van der Waals surface area contributed by atoms with Crippen LogP contribution in [0.4, 0.5) is 19.0 Å². The molecule has 0 fully saturated rings. The average molecular weight is 467 g/mol. The first-order valence-corrected chi connectivity index (χ1v) is 11.0. The van der Waals surface area contributed by atoms with Crippen LogP contribution in [0.1, 0.15) is 75.6 Å². The highest BCUT2D eigenvalue weighted by Crippen LogP contribution is 2.44. The van der Waals surface area contributed by atoms with Crippen LogP contribution in [0.25, 0.3) is 0 Å². The molecule has 2 aromatic rings. The summed E-state index contributed by atoms with van der Waals surface area (Å²) in [5.74, 6) is 0.394. The molecular formula is C24H33F3N4O2. The molecule has 182 valence electrons. The van der Waals surface area contributed by atoms with Crippen molar-refractivity contribution in [3.63, 3.8) is 0 Å². The minimum Gasteiger partial charge on any atom is -0.497 e. The van der Waals surface area contributed by atoms with Gasteiger partial charge in [0.15, 0.2) is 11.7 Å². The first-order chi connectivity index (χ1) is 15.1. The smallest absolute Gasteiger partial charge is 0.410 e. The second kappa shape index (κ2) is 8.57. The van der Waals surface area contributed by atoms with Crippen LogP contribution in [-0.4, -0.2) is 46.5 Å². The first-order valence-electron chi connectivity index (χ1n) is 11.0. The number of fused-ring (bicyclic) bond motifs is 1. The molecule has 1 aromatic carbocycles. The summed E-state index contributed by atoms with van der Waals surface area (Å²) in [4.78, 5) is 14.8. The Morgan fingerprint density at radius 3 is 2.30 bits per heavy atom. The molecule has 33 heavy (non-hydrogen) atoms. The Labute approximate surface area is 193 Å². The number of anilines is 1. The van der Waals surface area contributed by atoms with Crippen molar-refractivity contribution in [2.45, 2.75) is 71.3 Å². The molecule has 9 heteroatoms. The number of aromatic nitrogens is 2. The third kappa shape index (κ3) is 5.45. The summed E-state index contributed by atoms with van der Waals surface area (Å²) in [6, 6.07) is 5.91. The fraction of sp³-hybridized carbons (Fsp3) is 0.583. The Morgan fingerprint density at radius 1 is 1.18 bits per heavy atom. The fourth-order valence-electron chi connectivity index (χ4n) is 4.60. The van der Waals surface area contributed by atoms with Crippen LogP contribution < -0.4 is 10.1 Å². The van der Waals surface area contributed by atoms with Crippen LogP contribution >= 0.6 is 0 Å². The van der Waals surface area contributed by atoms with Crippen LogP contribution in [-0.2, 0) is 0 Å². The minimum atomic E-state index is -4.51. The summed E-state index contributed by atoms with van der Waals surface area (Å²) in [6.07, 6.45) is -4.02. The van der Waals surface area contributed by atoms with Gasteiger partial charge in [0.2, 0.25) is 0 Å².